The lowest BCUT2D eigenvalue weighted by Gasteiger charge is -2.30. The van der Waals surface area contributed by atoms with Crippen LogP contribution in [0.25, 0.3) is 10.9 Å². The maximum Gasteiger partial charge on any atom is 0.407 e. The molecular formula is C18H26N4O2. The Labute approximate surface area is 142 Å². The monoisotopic (exact) mass is 330 g/mol. The maximum atomic E-state index is 11.9. The van der Waals surface area contributed by atoms with Crippen LogP contribution in [0.5, 0.6) is 0 Å². The van der Waals surface area contributed by atoms with Crippen molar-refractivity contribution in [3.63, 3.8) is 0 Å². The minimum atomic E-state index is -0.463. The number of carbonyl (C=O) groups excluding carboxylic acids is 1. The first kappa shape index (κ1) is 16.6. The molecule has 1 aliphatic carbocycles. The summed E-state index contributed by atoms with van der Waals surface area (Å²) in [6, 6.07) is 6.44. The summed E-state index contributed by atoms with van der Waals surface area (Å²) in [5.41, 5.74) is 7.39. The molecule has 0 bridgehead atoms. The van der Waals surface area contributed by atoms with Gasteiger partial charge in [0.15, 0.2) is 0 Å². The SMILES string of the molecule is CC(C)(C)OC(=O)N[C@H]1CC[C@H](n2ncc3c(N)cccc32)CC1. The standard InChI is InChI=1S/C18H26N4O2/c1-18(2,3)24-17(23)21-12-7-9-13(10-8-12)22-16-6-4-5-15(19)14(16)11-20-22/h4-6,11-13H,7-10,19H2,1-3H3,(H,21,23)/t12-,13-. The number of nitrogen functional groups attached to an aromatic ring is 1. The third-order valence-corrected chi connectivity index (χ3v) is 4.44. The van der Waals surface area contributed by atoms with E-state index in [4.69, 9.17) is 10.5 Å². The van der Waals surface area contributed by atoms with Crippen molar-refractivity contribution in [2.45, 2.75) is 64.1 Å². The fourth-order valence-electron chi connectivity index (χ4n) is 3.32. The Morgan fingerprint density at radius 1 is 1.29 bits per heavy atom. The number of benzene rings is 1. The molecule has 1 fully saturated rings. The van der Waals surface area contributed by atoms with Crippen molar-refractivity contribution in [2.24, 2.45) is 0 Å². The van der Waals surface area contributed by atoms with Gasteiger partial charge in [0.05, 0.1) is 17.8 Å². The number of ether oxygens (including phenoxy) is 1. The van der Waals surface area contributed by atoms with Gasteiger partial charge in [-0.15, -0.1) is 0 Å². The molecule has 1 aromatic heterocycles. The van der Waals surface area contributed by atoms with Gasteiger partial charge in [0.1, 0.15) is 5.60 Å². The highest BCUT2D eigenvalue weighted by Gasteiger charge is 2.26. The number of rotatable bonds is 2. The van der Waals surface area contributed by atoms with E-state index < -0.39 is 5.60 Å². The Balaban J connectivity index is 1.61. The minimum Gasteiger partial charge on any atom is -0.444 e. The molecule has 1 saturated carbocycles. The normalized spacial score (nSPS) is 21.6. The molecule has 0 radical (unpaired) electrons. The number of hydrogen-bond acceptors (Lipinski definition) is 4. The van der Waals surface area contributed by atoms with Gasteiger partial charge < -0.3 is 15.8 Å². The molecule has 3 rings (SSSR count). The van der Waals surface area contributed by atoms with Crippen LogP contribution in [-0.2, 0) is 4.74 Å². The van der Waals surface area contributed by atoms with E-state index in [-0.39, 0.29) is 12.1 Å². The number of alkyl carbamates (subject to hydrolysis) is 1. The second-order valence-electron chi connectivity index (χ2n) is 7.52. The number of hydrogen-bond donors (Lipinski definition) is 2. The van der Waals surface area contributed by atoms with Crippen LogP contribution in [0.15, 0.2) is 24.4 Å². The van der Waals surface area contributed by atoms with Gasteiger partial charge in [0.2, 0.25) is 0 Å². The van der Waals surface area contributed by atoms with Crippen LogP contribution in [0.4, 0.5) is 10.5 Å². The van der Waals surface area contributed by atoms with Crippen molar-refractivity contribution in [3.05, 3.63) is 24.4 Å². The van der Waals surface area contributed by atoms with Gasteiger partial charge in [-0.1, -0.05) is 6.07 Å². The third kappa shape index (κ3) is 3.63. The van der Waals surface area contributed by atoms with Crippen molar-refractivity contribution in [1.29, 1.82) is 0 Å². The molecule has 2 aromatic rings. The summed E-state index contributed by atoms with van der Waals surface area (Å²) in [6.45, 7) is 5.62. The number of nitrogens with zero attached hydrogens (tertiary/aromatic N) is 2. The number of fused-ring (bicyclic) bond motifs is 1. The van der Waals surface area contributed by atoms with Crippen LogP contribution < -0.4 is 11.1 Å². The average Bonchev–Trinajstić information content (AvgIpc) is 2.91. The number of amides is 1. The predicted octanol–water partition coefficient (Wildman–Crippen LogP) is 3.63. The van der Waals surface area contributed by atoms with E-state index in [0.717, 1.165) is 42.3 Å². The van der Waals surface area contributed by atoms with E-state index >= 15 is 0 Å². The van der Waals surface area contributed by atoms with Crippen LogP contribution >= 0.6 is 0 Å². The second kappa shape index (κ2) is 6.34. The quantitative estimate of drug-likeness (QED) is 0.824. The predicted molar refractivity (Wildman–Crippen MR) is 94.8 cm³/mol. The number of anilines is 1. The molecule has 0 atom stereocenters. The Kier molecular flexibility index (Phi) is 4.39. The van der Waals surface area contributed by atoms with Gasteiger partial charge >= 0.3 is 6.09 Å². The van der Waals surface area contributed by atoms with Gasteiger partial charge in [0, 0.05) is 17.1 Å². The summed E-state index contributed by atoms with van der Waals surface area (Å²) in [5.74, 6) is 0. The minimum absolute atomic E-state index is 0.169. The molecule has 0 spiro atoms. The number of carbonyl (C=O) groups is 1. The fraction of sp³-hybridized carbons (Fsp3) is 0.556. The Bertz CT molecular complexity index is 724. The smallest absolute Gasteiger partial charge is 0.407 e. The lowest BCUT2D eigenvalue weighted by molar-refractivity contribution is 0.0487. The zero-order chi connectivity index (χ0) is 17.3. The molecule has 130 valence electrons. The van der Waals surface area contributed by atoms with Crippen molar-refractivity contribution in [2.75, 3.05) is 5.73 Å². The Morgan fingerprint density at radius 2 is 2.00 bits per heavy atom. The van der Waals surface area contributed by atoms with E-state index in [1.807, 2.05) is 39.1 Å². The molecule has 0 aliphatic heterocycles. The summed E-state index contributed by atoms with van der Waals surface area (Å²) >= 11 is 0. The van der Waals surface area contributed by atoms with E-state index in [1.165, 1.54) is 0 Å². The van der Waals surface area contributed by atoms with E-state index in [2.05, 4.69) is 21.2 Å². The van der Waals surface area contributed by atoms with Gasteiger partial charge in [-0.3, -0.25) is 4.68 Å². The highest BCUT2D eigenvalue weighted by atomic mass is 16.6. The largest absolute Gasteiger partial charge is 0.444 e. The lowest BCUT2D eigenvalue weighted by atomic mass is 9.91. The number of aromatic nitrogens is 2. The molecule has 1 aliphatic rings. The number of nitrogens with two attached hydrogens (primary N) is 1. The van der Waals surface area contributed by atoms with Crippen LogP contribution in [-0.4, -0.2) is 27.5 Å². The average molecular weight is 330 g/mol. The van der Waals surface area contributed by atoms with E-state index in [9.17, 15) is 4.79 Å². The highest BCUT2D eigenvalue weighted by molar-refractivity contribution is 5.90. The zero-order valence-corrected chi connectivity index (χ0v) is 14.6. The van der Waals surface area contributed by atoms with Crippen LogP contribution in [0.2, 0.25) is 0 Å². The van der Waals surface area contributed by atoms with Gasteiger partial charge in [-0.2, -0.15) is 5.10 Å². The molecule has 24 heavy (non-hydrogen) atoms. The molecule has 1 aromatic carbocycles. The summed E-state index contributed by atoms with van der Waals surface area (Å²) in [7, 11) is 0. The Morgan fingerprint density at radius 3 is 2.67 bits per heavy atom. The fourth-order valence-corrected chi connectivity index (χ4v) is 3.32. The van der Waals surface area contributed by atoms with Gasteiger partial charge in [-0.25, -0.2) is 4.79 Å². The van der Waals surface area contributed by atoms with Crippen molar-refractivity contribution in [1.82, 2.24) is 15.1 Å². The van der Waals surface area contributed by atoms with E-state index in [1.54, 1.807) is 0 Å². The van der Waals surface area contributed by atoms with Crippen molar-refractivity contribution < 1.29 is 9.53 Å². The van der Waals surface area contributed by atoms with Crippen molar-refractivity contribution >= 4 is 22.7 Å². The zero-order valence-electron chi connectivity index (χ0n) is 14.6. The molecule has 6 nitrogen and oxygen atoms in total. The van der Waals surface area contributed by atoms with Crippen LogP contribution in [0.1, 0.15) is 52.5 Å². The molecule has 0 unspecified atom stereocenters. The third-order valence-electron chi connectivity index (χ3n) is 4.44. The summed E-state index contributed by atoms with van der Waals surface area (Å²) in [6.07, 6.45) is 5.32. The lowest BCUT2D eigenvalue weighted by Crippen LogP contribution is -2.41. The molecule has 1 amide bonds. The van der Waals surface area contributed by atoms with Gasteiger partial charge in [-0.05, 0) is 58.6 Å². The van der Waals surface area contributed by atoms with Crippen molar-refractivity contribution in [3.8, 4) is 0 Å². The highest BCUT2D eigenvalue weighted by Crippen LogP contribution is 2.32. The molecule has 0 saturated heterocycles. The number of nitrogens with one attached hydrogen (secondary N) is 1. The Hall–Kier alpha value is -2.24. The first-order valence-electron chi connectivity index (χ1n) is 8.55. The summed E-state index contributed by atoms with van der Waals surface area (Å²) < 4.78 is 7.41. The first-order valence-corrected chi connectivity index (χ1v) is 8.55. The maximum absolute atomic E-state index is 11.9. The topological polar surface area (TPSA) is 82.2 Å². The molecule has 6 heteroatoms. The summed E-state index contributed by atoms with van der Waals surface area (Å²) in [4.78, 5) is 11.9. The van der Waals surface area contributed by atoms with E-state index in [0.29, 0.717) is 6.04 Å². The molecular weight excluding hydrogens is 304 g/mol. The second-order valence-corrected chi connectivity index (χ2v) is 7.52. The molecule has 3 N–H and O–H groups in total. The molecule has 1 heterocycles. The first-order chi connectivity index (χ1) is 11.3. The van der Waals surface area contributed by atoms with Crippen LogP contribution in [0, 0.1) is 0 Å². The summed E-state index contributed by atoms with van der Waals surface area (Å²) in [5, 5.41) is 8.52. The van der Waals surface area contributed by atoms with Gasteiger partial charge in [0.25, 0.3) is 0 Å². The van der Waals surface area contributed by atoms with Crippen LogP contribution in [0.3, 0.4) is 0 Å².